The number of hydrogen-bond donors (Lipinski definition) is 0. The molecule has 1 rings (SSSR count). The average molecular weight is 242 g/mol. The van der Waals surface area contributed by atoms with Gasteiger partial charge >= 0.3 is 0 Å². The highest BCUT2D eigenvalue weighted by molar-refractivity contribution is 6.29. The summed E-state index contributed by atoms with van der Waals surface area (Å²) in [6.45, 7) is 0. The molecule has 0 radical (unpaired) electrons. The van der Waals surface area contributed by atoms with Crippen LogP contribution in [0.5, 0.6) is 0 Å². The minimum absolute atomic E-state index is 0.411. The maximum absolute atomic E-state index is 10.4. The molecule has 0 bridgehead atoms. The van der Waals surface area contributed by atoms with Gasteiger partial charge in [-0.15, -0.1) is 0 Å². The number of allylic oxidation sites excluding steroid dienone is 1. The van der Waals surface area contributed by atoms with E-state index in [4.69, 9.17) is 11.6 Å². The summed E-state index contributed by atoms with van der Waals surface area (Å²) in [5.41, 5.74) is 1.49. The van der Waals surface area contributed by atoms with Crippen molar-refractivity contribution in [3.8, 4) is 0 Å². The van der Waals surface area contributed by atoms with Crippen LogP contribution in [0.3, 0.4) is 0 Å². The molecule has 0 amide bonds. The van der Waals surface area contributed by atoms with Crippen molar-refractivity contribution in [1.29, 1.82) is 0 Å². The molecule has 1 heterocycles. The first-order chi connectivity index (χ1) is 7.49. The second-order valence-electron chi connectivity index (χ2n) is 3.47. The van der Waals surface area contributed by atoms with E-state index in [2.05, 4.69) is 4.98 Å². The lowest BCUT2D eigenvalue weighted by atomic mass is 10.1. The summed E-state index contributed by atoms with van der Waals surface area (Å²) in [7, 11) is 3.53. The van der Waals surface area contributed by atoms with Gasteiger partial charge in [0.1, 0.15) is 5.15 Å². The van der Waals surface area contributed by atoms with Gasteiger partial charge in [0.15, 0.2) is 0 Å². The molecule has 86 valence electrons. The van der Waals surface area contributed by atoms with Crippen molar-refractivity contribution in [3.05, 3.63) is 51.1 Å². The van der Waals surface area contributed by atoms with Crippen molar-refractivity contribution >= 4 is 11.6 Å². The predicted molar refractivity (Wildman–Crippen MR) is 61.7 cm³/mol. The van der Waals surface area contributed by atoms with Crippen LogP contribution in [0, 0.1) is 10.1 Å². The van der Waals surface area contributed by atoms with Crippen LogP contribution in [0.15, 0.2) is 30.2 Å². The van der Waals surface area contributed by atoms with Crippen LogP contribution < -0.4 is 0 Å². The van der Waals surface area contributed by atoms with Crippen molar-refractivity contribution in [2.45, 2.75) is 6.42 Å². The summed E-state index contributed by atoms with van der Waals surface area (Å²) < 4.78 is 0. The normalized spacial score (nSPS) is 11.3. The Morgan fingerprint density at radius 1 is 1.62 bits per heavy atom. The molecule has 0 atom stereocenters. The highest BCUT2D eigenvalue weighted by Gasteiger charge is 2.07. The molecule has 0 N–H and O–H groups in total. The smallest absolute Gasteiger partial charge is 0.253 e. The van der Waals surface area contributed by atoms with Gasteiger partial charge < -0.3 is 4.90 Å². The van der Waals surface area contributed by atoms with Gasteiger partial charge in [-0.25, -0.2) is 4.98 Å². The van der Waals surface area contributed by atoms with Crippen LogP contribution in [-0.4, -0.2) is 28.9 Å². The number of hydrogen-bond acceptors (Lipinski definition) is 4. The molecule has 5 nitrogen and oxygen atoms in total. The zero-order valence-electron chi connectivity index (χ0n) is 9.05. The van der Waals surface area contributed by atoms with E-state index in [0.717, 1.165) is 11.8 Å². The van der Waals surface area contributed by atoms with Gasteiger partial charge in [-0.3, -0.25) is 10.1 Å². The molecular weight excluding hydrogens is 230 g/mol. The van der Waals surface area contributed by atoms with Gasteiger partial charge in [0.2, 0.25) is 0 Å². The lowest BCUT2D eigenvalue weighted by molar-refractivity contribution is -0.404. The minimum atomic E-state index is -0.460. The fourth-order valence-electron chi connectivity index (χ4n) is 1.16. The van der Waals surface area contributed by atoms with E-state index in [0.29, 0.717) is 17.3 Å². The lowest BCUT2D eigenvalue weighted by Gasteiger charge is -2.14. The zero-order valence-corrected chi connectivity index (χ0v) is 9.81. The third-order valence-corrected chi connectivity index (χ3v) is 2.23. The third kappa shape index (κ3) is 3.86. The summed E-state index contributed by atoms with van der Waals surface area (Å²) in [5.74, 6) is 0. The van der Waals surface area contributed by atoms with Crippen LogP contribution in [0.4, 0.5) is 0 Å². The van der Waals surface area contributed by atoms with E-state index in [1.54, 1.807) is 37.3 Å². The SMILES string of the molecule is CN(C)C(=C[N+](=O)[O-])Cc1ccc(Cl)nc1. The Labute approximate surface area is 98.5 Å². The molecule has 0 aromatic carbocycles. The largest absolute Gasteiger partial charge is 0.376 e. The quantitative estimate of drug-likeness (QED) is 0.459. The van der Waals surface area contributed by atoms with Crippen molar-refractivity contribution < 1.29 is 4.92 Å². The summed E-state index contributed by atoms with van der Waals surface area (Å²) in [6.07, 6.45) is 3.06. The van der Waals surface area contributed by atoms with E-state index >= 15 is 0 Å². The van der Waals surface area contributed by atoms with Gasteiger partial charge in [-0.05, 0) is 11.6 Å². The Hall–Kier alpha value is -1.62. The molecule has 6 heteroatoms. The maximum atomic E-state index is 10.4. The first kappa shape index (κ1) is 12.4. The monoisotopic (exact) mass is 241 g/mol. The molecule has 0 aliphatic heterocycles. The topological polar surface area (TPSA) is 59.3 Å². The Morgan fingerprint density at radius 2 is 2.31 bits per heavy atom. The number of pyridine rings is 1. The van der Waals surface area contributed by atoms with Crippen molar-refractivity contribution in [3.63, 3.8) is 0 Å². The maximum Gasteiger partial charge on any atom is 0.253 e. The van der Waals surface area contributed by atoms with Gasteiger partial charge in [0, 0.05) is 26.7 Å². The molecule has 1 aromatic rings. The second-order valence-corrected chi connectivity index (χ2v) is 3.85. The Bertz CT molecular complexity index is 401. The van der Waals surface area contributed by atoms with E-state index in [-0.39, 0.29) is 0 Å². The Balaban J connectivity index is 2.84. The van der Waals surface area contributed by atoms with Crippen LogP contribution in [-0.2, 0) is 6.42 Å². The third-order valence-electron chi connectivity index (χ3n) is 2.00. The predicted octanol–water partition coefficient (Wildman–Crippen LogP) is 1.96. The van der Waals surface area contributed by atoms with Crippen LogP contribution in [0.1, 0.15) is 5.56 Å². The van der Waals surface area contributed by atoms with Gasteiger partial charge in [-0.1, -0.05) is 17.7 Å². The van der Waals surface area contributed by atoms with E-state index < -0.39 is 4.92 Å². The van der Waals surface area contributed by atoms with Gasteiger partial charge in [0.25, 0.3) is 6.20 Å². The minimum Gasteiger partial charge on any atom is -0.376 e. The van der Waals surface area contributed by atoms with Crippen molar-refractivity contribution in [2.75, 3.05) is 14.1 Å². The number of nitro groups is 1. The fourth-order valence-corrected chi connectivity index (χ4v) is 1.27. The first-order valence-electron chi connectivity index (χ1n) is 4.61. The molecular formula is C10H12ClN3O2. The summed E-state index contributed by atoms with van der Waals surface area (Å²) in [4.78, 5) is 15.6. The molecule has 0 saturated heterocycles. The van der Waals surface area contributed by atoms with Gasteiger partial charge in [0.05, 0.1) is 10.6 Å². The standard InChI is InChI=1S/C10H12ClN3O2/c1-13(2)9(7-14(15)16)5-8-3-4-10(11)12-6-8/h3-4,6-7H,5H2,1-2H3. The van der Waals surface area contributed by atoms with Crippen LogP contribution in [0.25, 0.3) is 0 Å². The Morgan fingerprint density at radius 3 is 2.75 bits per heavy atom. The lowest BCUT2D eigenvalue weighted by Crippen LogP contribution is -2.14. The summed E-state index contributed by atoms with van der Waals surface area (Å²) >= 11 is 5.65. The highest BCUT2D eigenvalue weighted by Crippen LogP contribution is 2.11. The van der Waals surface area contributed by atoms with Crippen molar-refractivity contribution in [2.24, 2.45) is 0 Å². The highest BCUT2D eigenvalue weighted by atomic mass is 35.5. The van der Waals surface area contributed by atoms with E-state index in [9.17, 15) is 10.1 Å². The number of halogens is 1. The van der Waals surface area contributed by atoms with Crippen molar-refractivity contribution in [1.82, 2.24) is 9.88 Å². The fraction of sp³-hybridized carbons (Fsp3) is 0.300. The van der Waals surface area contributed by atoms with Crippen LogP contribution >= 0.6 is 11.6 Å². The molecule has 0 aliphatic rings. The molecule has 0 fully saturated rings. The molecule has 16 heavy (non-hydrogen) atoms. The molecule has 0 spiro atoms. The van der Waals surface area contributed by atoms with E-state index in [1.165, 1.54) is 0 Å². The number of aromatic nitrogens is 1. The summed E-state index contributed by atoms with van der Waals surface area (Å²) in [6, 6.07) is 3.46. The summed E-state index contributed by atoms with van der Waals surface area (Å²) in [5, 5.41) is 10.8. The number of likely N-dealkylation sites (N-methyl/N-ethyl adjacent to an activating group) is 1. The molecule has 0 saturated carbocycles. The average Bonchev–Trinajstić information content (AvgIpc) is 2.19. The first-order valence-corrected chi connectivity index (χ1v) is 4.99. The second kappa shape index (κ2) is 5.46. The zero-order chi connectivity index (χ0) is 12.1. The number of rotatable bonds is 4. The number of nitrogens with zero attached hydrogens (tertiary/aromatic N) is 3. The Kier molecular flexibility index (Phi) is 4.25. The van der Waals surface area contributed by atoms with E-state index in [1.807, 2.05) is 0 Å². The van der Waals surface area contributed by atoms with Crippen LogP contribution in [0.2, 0.25) is 5.15 Å². The molecule has 1 aromatic heterocycles. The van der Waals surface area contributed by atoms with Gasteiger partial charge in [-0.2, -0.15) is 0 Å². The molecule has 0 unspecified atom stereocenters. The molecule has 0 aliphatic carbocycles.